The van der Waals surface area contributed by atoms with Gasteiger partial charge in [0.1, 0.15) is 0 Å². The molecule has 0 saturated carbocycles. The molecule has 0 rings (SSSR count). The van der Waals surface area contributed by atoms with Crippen LogP contribution in [0.15, 0.2) is 12.3 Å². The van der Waals surface area contributed by atoms with Crippen LogP contribution < -0.4 is 0 Å². The van der Waals surface area contributed by atoms with Crippen molar-refractivity contribution in [3.05, 3.63) is 12.3 Å². The quantitative estimate of drug-likeness (QED) is 0.412. The Labute approximate surface area is 105 Å². The molecule has 0 radical (unpaired) electrons. The average molecular weight is 259 g/mol. The Bertz CT molecular complexity index is 200. The predicted octanol–water partition coefficient (Wildman–Crippen LogP) is 5.11. The van der Waals surface area contributed by atoms with Crippen LogP contribution in [-0.2, 0) is 4.12 Å². The topological polar surface area (TPSA) is 9.23 Å². The molecule has 0 aliphatic heterocycles. The van der Waals surface area contributed by atoms with Gasteiger partial charge in [-0.05, 0) is 32.2 Å². The van der Waals surface area contributed by atoms with E-state index in [0.29, 0.717) is 0 Å². The molecule has 0 fully saturated rings. The smallest absolute Gasteiger partial charge is 0.197 e. The van der Waals surface area contributed by atoms with Crippen LogP contribution in [-0.4, -0.2) is 16.6 Å². The van der Waals surface area contributed by atoms with Gasteiger partial charge in [0.25, 0.3) is 0 Å². The van der Waals surface area contributed by atoms with E-state index in [2.05, 4.69) is 45.4 Å². The van der Waals surface area contributed by atoms with Crippen molar-refractivity contribution < 1.29 is 4.12 Å². The Hall–Kier alpha value is 0.134. The van der Waals surface area contributed by atoms with Crippen LogP contribution in [0, 0.1) is 0 Å². The number of unbranched alkanes of at least 4 members (excludes halogenated alkanes) is 4. The average Bonchev–Trinajstić information content (AvgIpc) is 2.16. The molecule has 0 amide bonds. The predicted molar refractivity (Wildman–Crippen MR) is 79.8 cm³/mol. The molecule has 0 aromatic heterocycles. The second kappa shape index (κ2) is 7.46. The molecule has 16 heavy (non-hydrogen) atoms. The van der Waals surface area contributed by atoms with Gasteiger partial charge < -0.3 is 4.12 Å². The molecule has 3 heteroatoms. The van der Waals surface area contributed by atoms with E-state index in [9.17, 15) is 0 Å². The molecule has 0 saturated heterocycles. The minimum atomic E-state index is -1.56. The summed E-state index contributed by atoms with van der Waals surface area (Å²) in [6.45, 7) is 15.3. The first-order valence-corrected chi connectivity index (χ1v) is 12.8. The van der Waals surface area contributed by atoms with Gasteiger partial charge in [0, 0.05) is 0 Å². The van der Waals surface area contributed by atoms with E-state index in [1.807, 2.05) is 0 Å². The maximum absolute atomic E-state index is 6.34. The molecular weight excluding hydrogens is 228 g/mol. The molecule has 0 N–H and O–H groups in total. The summed E-state index contributed by atoms with van der Waals surface area (Å²) < 4.78 is 6.34. The Morgan fingerprint density at radius 1 is 1.00 bits per heavy atom. The lowest BCUT2D eigenvalue weighted by molar-refractivity contribution is 0.542. The fraction of sp³-hybridized carbons (Fsp3) is 0.846. The van der Waals surface area contributed by atoms with Crippen molar-refractivity contribution in [3.63, 3.8) is 0 Å². The third-order valence-electron chi connectivity index (χ3n) is 2.91. The molecule has 96 valence electrons. The van der Waals surface area contributed by atoms with E-state index in [0.717, 1.165) is 0 Å². The largest absolute Gasteiger partial charge is 0.453 e. The zero-order chi connectivity index (χ0) is 12.7. The second-order valence-corrected chi connectivity index (χ2v) is 14.3. The van der Waals surface area contributed by atoms with Gasteiger partial charge in [0.2, 0.25) is 0 Å². The minimum absolute atomic E-state index is 1.31. The van der Waals surface area contributed by atoms with Crippen LogP contribution in [0.5, 0.6) is 0 Å². The summed E-state index contributed by atoms with van der Waals surface area (Å²) in [5, 5.41) is 0. The van der Waals surface area contributed by atoms with Gasteiger partial charge in [-0.2, -0.15) is 0 Å². The zero-order valence-electron chi connectivity index (χ0n) is 11.9. The lowest BCUT2D eigenvalue weighted by Gasteiger charge is -2.32. The van der Waals surface area contributed by atoms with Gasteiger partial charge >= 0.3 is 0 Å². The second-order valence-electron chi connectivity index (χ2n) is 5.83. The van der Waals surface area contributed by atoms with Crippen LogP contribution in [0.4, 0.5) is 0 Å². The number of rotatable bonds is 9. The van der Waals surface area contributed by atoms with Crippen molar-refractivity contribution >= 4 is 16.6 Å². The molecule has 1 nitrogen and oxygen atoms in total. The molecule has 0 aliphatic rings. The highest BCUT2D eigenvalue weighted by Crippen LogP contribution is 2.22. The highest BCUT2D eigenvalue weighted by molar-refractivity contribution is 6.87. The summed E-state index contributed by atoms with van der Waals surface area (Å²) >= 11 is 0. The van der Waals surface area contributed by atoms with Crippen molar-refractivity contribution in [2.45, 2.75) is 71.3 Å². The summed E-state index contributed by atoms with van der Waals surface area (Å²) in [5.74, 6) is 0. The SMILES string of the molecule is C=C[Si](C)(C)O[Si](C)(C)CCCCCCC. The molecule has 0 atom stereocenters. The van der Waals surface area contributed by atoms with Gasteiger partial charge in [-0.3, -0.25) is 0 Å². The first-order valence-electron chi connectivity index (χ1n) is 6.67. The van der Waals surface area contributed by atoms with Crippen LogP contribution in [0.1, 0.15) is 39.0 Å². The fourth-order valence-corrected chi connectivity index (χ4v) is 9.50. The van der Waals surface area contributed by atoms with Crippen LogP contribution in [0.2, 0.25) is 32.2 Å². The van der Waals surface area contributed by atoms with Gasteiger partial charge in [-0.25, -0.2) is 0 Å². The summed E-state index contributed by atoms with van der Waals surface area (Å²) in [6, 6.07) is 1.31. The van der Waals surface area contributed by atoms with Crippen molar-refractivity contribution in [1.29, 1.82) is 0 Å². The van der Waals surface area contributed by atoms with Crippen LogP contribution in [0.3, 0.4) is 0 Å². The lowest BCUT2D eigenvalue weighted by atomic mass is 10.2. The van der Waals surface area contributed by atoms with Gasteiger partial charge in [-0.1, -0.05) is 44.7 Å². The van der Waals surface area contributed by atoms with Gasteiger partial charge in [0.05, 0.1) is 0 Å². The lowest BCUT2D eigenvalue weighted by Crippen LogP contribution is -2.43. The third kappa shape index (κ3) is 8.30. The Balaban J connectivity index is 3.82. The number of hydrogen-bond acceptors (Lipinski definition) is 1. The zero-order valence-corrected chi connectivity index (χ0v) is 13.9. The molecule has 0 spiro atoms. The summed E-state index contributed by atoms with van der Waals surface area (Å²) in [7, 11) is -2.99. The summed E-state index contributed by atoms with van der Waals surface area (Å²) in [4.78, 5) is 0. The maximum Gasteiger partial charge on any atom is 0.197 e. The van der Waals surface area contributed by atoms with E-state index in [4.69, 9.17) is 4.12 Å². The Morgan fingerprint density at radius 3 is 2.06 bits per heavy atom. The normalized spacial score (nSPS) is 12.8. The van der Waals surface area contributed by atoms with Crippen molar-refractivity contribution in [3.8, 4) is 0 Å². The van der Waals surface area contributed by atoms with Crippen molar-refractivity contribution in [1.82, 2.24) is 0 Å². The summed E-state index contributed by atoms with van der Waals surface area (Å²) in [6.07, 6.45) is 6.83. The molecule has 0 aromatic rings. The summed E-state index contributed by atoms with van der Waals surface area (Å²) in [5.41, 5.74) is 2.05. The van der Waals surface area contributed by atoms with Gasteiger partial charge in [-0.15, -0.1) is 6.58 Å². The standard InChI is InChI=1S/C13H30OSi2/c1-7-9-10-11-12-13-16(5,6)14-15(3,4)8-2/h8H,2,7,9-13H2,1,3-6H3. The maximum atomic E-state index is 6.34. The highest BCUT2D eigenvalue weighted by Gasteiger charge is 2.30. The fourth-order valence-electron chi connectivity index (χ4n) is 1.96. The van der Waals surface area contributed by atoms with E-state index >= 15 is 0 Å². The molecule has 0 heterocycles. The van der Waals surface area contributed by atoms with Crippen LogP contribution in [0.25, 0.3) is 0 Å². The van der Waals surface area contributed by atoms with E-state index < -0.39 is 16.6 Å². The highest BCUT2D eigenvalue weighted by atomic mass is 28.4. The molecular formula is C13H30OSi2. The Kier molecular flexibility index (Phi) is 7.52. The van der Waals surface area contributed by atoms with E-state index in [1.165, 1.54) is 38.1 Å². The van der Waals surface area contributed by atoms with Crippen LogP contribution >= 0.6 is 0 Å². The first kappa shape index (κ1) is 16.1. The third-order valence-corrected chi connectivity index (χ3v) is 9.77. The van der Waals surface area contributed by atoms with Crippen molar-refractivity contribution in [2.24, 2.45) is 0 Å². The Morgan fingerprint density at radius 2 is 1.56 bits per heavy atom. The van der Waals surface area contributed by atoms with E-state index in [-0.39, 0.29) is 0 Å². The number of hydrogen-bond donors (Lipinski definition) is 0. The molecule has 0 bridgehead atoms. The molecule has 0 aliphatic carbocycles. The van der Waals surface area contributed by atoms with Crippen molar-refractivity contribution in [2.75, 3.05) is 0 Å². The minimum Gasteiger partial charge on any atom is -0.453 e. The molecule has 0 aromatic carbocycles. The van der Waals surface area contributed by atoms with Gasteiger partial charge in [0.15, 0.2) is 16.6 Å². The monoisotopic (exact) mass is 258 g/mol. The molecule has 0 unspecified atom stereocenters. The van der Waals surface area contributed by atoms with E-state index in [1.54, 1.807) is 0 Å². The first-order chi connectivity index (χ1) is 7.33.